The van der Waals surface area contributed by atoms with Crippen LogP contribution in [0.4, 0.5) is 5.82 Å². The highest BCUT2D eigenvalue weighted by atomic mass is 16.5. The van der Waals surface area contributed by atoms with E-state index in [-0.39, 0.29) is 0 Å². The van der Waals surface area contributed by atoms with Crippen LogP contribution in [0.5, 0.6) is 5.75 Å². The molecule has 0 aliphatic carbocycles. The van der Waals surface area contributed by atoms with Crippen LogP contribution in [-0.2, 0) is 13.0 Å². The van der Waals surface area contributed by atoms with Crippen LogP contribution in [0.2, 0.25) is 0 Å². The van der Waals surface area contributed by atoms with Gasteiger partial charge in [0.05, 0.1) is 0 Å². The van der Waals surface area contributed by atoms with Crippen LogP contribution in [0.15, 0.2) is 66.9 Å². The highest BCUT2D eigenvalue weighted by molar-refractivity contribution is 5.67. The normalized spacial score (nSPS) is 12.5. The van der Waals surface area contributed by atoms with Crippen LogP contribution in [0.1, 0.15) is 11.1 Å². The molecule has 0 amide bonds. The molecule has 2 heterocycles. The Morgan fingerprint density at radius 3 is 2.61 bits per heavy atom. The number of rotatable bonds is 4. The molecular formula is C20H18N2O. The molecule has 4 rings (SSSR count). The van der Waals surface area contributed by atoms with Gasteiger partial charge >= 0.3 is 0 Å². The molecule has 0 saturated carbocycles. The summed E-state index contributed by atoms with van der Waals surface area (Å²) in [5.41, 5.74) is 4.79. The Morgan fingerprint density at radius 2 is 1.78 bits per heavy atom. The number of pyridine rings is 1. The van der Waals surface area contributed by atoms with Gasteiger partial charge in [0, 0.05) is 18.3 Å². The molecule has 2 aromatic carbocycles. The molecule has 23 heavy (non-hydrogen) atoms. The van der Waals surface area contributed by atoms with E-state index >= 15 is 0 Å². The van der Waals surface area contributed by atoms with Gasteiger partial charge in [-0.3, -0.25) is 0 Å². The smallest absolute Gasteiger partial charge is 0.129 e. The maximum absolute atomic E-state index is 5.83. The van der Waals surface area contributed by atoms with Gasteiger partial charge in [0.25, 0.3) is 0 Å². The van der Waals surface area contributed by atoms with Crippen molar-refractivity contribution in [3.8, 4) is 16.9 Å². The quantitative estimate of drug-likeness (QED) is 0.780. The first-order valence-corrected chi connectivity index (χ1v) is 7.88. The molecule has 114 valence electrons. The molecular weight excluding hydrogens is 284 g/mol. The summed E-state index contributed by atoms with van der Waals surface area (Å²) in [5, 5.41) is 3.29. The molecule has 0 atom stereocenters. The summed E-state index contributed by atoms with van der Waals surface area (Å²) in [6.45, 7) is 1.57. The average Bonchev–Trinajstić information content (AvgIpc) is 3.09. The van der Waals surface area contributed by atoms with Gasteiger partial charge < -0.3 is 10.1 Å². The van der Waals surface area contributed by atoms with Crippen molar-refractivity contribution in [1.82, 2.24) is 4.98 Å². The molecule has 1 aliphatic rings. The minimum Gasteiger partial charge on any atom is -0.489 e. The van der Waals surface area contributed by atoms with E-state index in [2.05, 4.69) is 40.6 Å². The fourth-order valence-corrected chi connectivity index (χ4v) is 2.82. The molecule has 0 spiro atoms. The minimum absolute atomic E-state index is 0.590. The maximum Gasteiger partial charge on any atom is 0.129 e. The summed E-state index contributed by atoms with van der Waals surface area (Å²) >= 11 is 0. The Bertz CT molecular complexity index is 798. The van der Waals surface area contributed by atoms with Crippen molar-refractivity contribution in [3.05, 3.63) is 78.0 Å². The topological polar surface area (TPSA) is 34.1 Å². The lowest BCUT2D eigenvalue weighted by Crippen LogP contribution is -1.95. The Labute approximate surface area is 136 Å². The number of nitrogens with one attached hydrogen (secondary N) is 1. The second kappa shape index (κ2) is 6.13. The lowest BCUT2D eigenvalue weighted by Gasteiger charge is -2.08. The predicted molar refractivity (Wildman–Crippen MR) is 92.6 cm³/mol. The Hall–Kier alpha value is -2.81. The zero-order valence-corrected chi connectivity index (χ0v) is 12.8. The number of ether oxygens (including phenoxy) is 1. The molecule has 0 saturated heterocycles. The summed E-state index contributed by atoms with van der Waals surface area (Å²) in [6, 6.07) is 20.6. The van der Waals surface area contributed by atoms with Gasteiger partial charge in [-0.25, -0.2) is 4.98 Å². The van der Waals surface area contributed by atoms with Crippen molar-refractivity contribution in [1.29, 1.82) is 0 Å². The van der Waals surface area contributed by atoms with Crippen LogP contribution in [-0.4, -0.2) is 11.5 Å². The first-order chi connectivity index (χ1) is 11.4. The highest BCUT2D eigenvalue weighted by Gasteiger charge is 2.12. The lowest BCUT2D eigenvalue weighted by molar-refractivity contribution is 0.306. The third-order valence-corrected chi connectivity index (χ3v) is 4.09. The number of aromatic nitrogens is 1. The number of nitrogens with zero attached hydrogens (tertiary/aromatic N) is 1. The molecule has 0 bridgehead atoms. The Kier molecular flexibility index (Phi) is 3.68. The number of anilines is 1. The molecule has 1 aliphatic heterocycles. The number of hydrogen-bond acceptors (Lipinski definition) is 3. The summed E-state index contributed by atoms with van der Waals surface area (Å²) < 4.78 is 5.83. The van der Waals surface area contributed by atoms with Crippen molar-refractivity contribution in [2.24, 2.45) is 0 Å². The van der Waals surface area contributed by atoms with Crippen molar-refractivity contribution >= 4 is 5.82 Å². The first-order valence-electron chi connectivity index (χ1n) is 7.88. The van der Waals surface area contributed by atoms with E-state index in [9.17, 15) is 0 Å². The third-order valence-electron chi connectivity index (χ3n) is 4.09. The average molecular weight is 302 g/mol. The van der Waals surface area contributed by atoms with E-state index in [1.54, 1.807) is 0 Å². The second-order valence-corrected chi connectivity index (χ2v) is 5.71. The lowest BCUT2D eigenvalue weighted by atomic mass is 10.1. The van der Waals surface area contributed by atoms with Crippen molar-refractivity contribution in [2.45, 2.75) is 13.0 Å². The molecule has 1 N–H and O–H groups in total. The third kappa shape index (κ3) is 3.04. The zero-order valence-electron chi connectivity index (χ0n) is 12.8. The molecule has 0 radical (unpaired) electrons. The van der Waals surface area contributed by atoms with Crippen molar-refractivity contribution in [3.63, 3.8) is 0 Å². The predicted octanol–water partition coefficient (Wildman–Crippen LogP) is 4.30. The van der Waals surface area contributed by atoms with E-state index < -0.39 is 0 Å². The van der Waals surface area contributed by atoms with Crippen LogP contribution >= 0.6 is 0 Å². The number of fused-ring (bicyclic) bond motifs is 1. The largest absolute Gasteiger partial charge is 0.489 e. The van der Waals surface area contributed by atoms with Crippen molar-refractivity contribution in [2.75, 3.05) is 11.9 Å². The standard InChI is InChI=1S/C20H18N2O/c1-2-4-15(5-3-1)14-23-19-8-6-16(7-9-19)18-12-17-10-11-21-20(17)22-13-18/h1-9,12-13H,10-11,14H2,(H,21,22). The molecule has 0 fully saturated rings. The van der Waals surface area contributed by atoms with Crippen LogP contribution in [0.3, 0.4) is 0 Å². The summed E-state index contributed by atoms with van der Waals surface area (Å²) in [6.07, 6.45) is 2.98. The summed E-state index contributed by atoms with van der Waals surface area (Å²) in [7, 11) is 0. The zero-order chi connectivity index (χ0) is 15.5. The molecule has 3 heteroatoms. The van der Waals surface area contributed by atoms with Gasteiger partial charge in [-0.2, -0.15) is 0 Å². The molecule has 3 aromatic rings. The summed E-state index contributed by atoms with van der Waals surface area (Å²) in [4.78, 5) is 4.49. The molecule has 3 nitrogen and oxygen atoms in total. The van der Waals surface area contributed by atoms with Gasteiger partial charge in [-0.05, 0) is 41.3 Å². The van der Waals surface area contributed by atoms with Gasteiger partial charge in [-0.15, -0.1) is 0 Å². The van der Waals surface area contributed by atoms with Crippen LogP contribution in [0.25, 0.3) is 11.1 Å². The first kappa shape index (κ1) is 13.8. The second-order valence-electron chi connectivity index (χ2n) is 5.71. The van der Waals surface area contributed by atoms with Gasteiger partial charge in [0.1, 0.15) is 18.2 Å². The van der Waals surface area contributed by atoms with E-state index in [4.69, 9.17) is 4.74 Å². The van der Waals surface area contributed by atoms with Gasteiger partial charge in [-0.1, -0.05) is 42.5 Å². The Balaban J connectivity index is 1.47. The summed E-state index contributed by atoms with van der Waals surface area (Å²) in [5.74, 6) is 1.91. The van der Waals surface area contributed by atoms with E-state index in [1.165, 1.54) is 16.7 Å². The van der Waals surface area contributed by atoms with Gasteiger partial charge in [0.15, 0.2) is 0 Å². The van der Waals surface area contributed by atoms with Crippen molar-refractivity contribution < 1.29 is 4.74 Å². The SMILES string of the molecule is c1ccc(COc2ccc(-c3cnc4c(c3)CCN4)cc2)cc1. The van der Waals surface area contributed by atoms with Crippen LogP contribution in [0, 0.1) is 0 Å². The molecule has 0 unspecified atom stereocenters. The monoisotopic (exact) mass is 302 g/mol. The van der Waals surface area contributed by atoms with E-state index in [0.717, 1.165) is 30.1 Å². The van der Waals surface area contributed by atoms with E-state index in [1.807, 2.05) is 36.5 Å². The van der Waals surface area contributed by atoms with Crippen LogP contribution < -0.4 is 10.1 Å². The molecule has 1 aromatic heterocycles. The van der Waals surface area contributed by atoms with E-state index in [0.29, 0.717) is 6.61 Å². The number of hydrogen-bond donors (Lipinski definition) is 1. The Morgan fingerprint density at radius 1 is 0.957 bits per heavy atom. The highest BCUT2D eigenvalue weighted by Crippen LogP contribution is 2.27. The minimum atomic E-state index is 0.590. The fraction of sp³-hybridized carbons (Fsp3) is 0.150. The van der Waals surface area contributed by atoms with Gasteiger partial charge in [0.2, 0.25) is 0 Å². The number of benzene rings is 2. The fourth-order valence-electron chi connectivity index (χ4n) is 2.82. The maximum atomic E-state index is 5.83.